The third-order valence-corrected chi connectivity index (χ3v) is 6.09. The van der Waals surface area contributed by atoms with Gasteiger partial charge in [-0.15, -0.1) is 0 Å². The molecule has 5 rings (SSSR count). The lowest BCUT2D eigenvalue weighted by Gasteiger charge is -2.23. The molecule has 5 aromatic rings. The zero-order valence-corrected chi connectivity index (χ0v) is 19.8. The van der Waals surface area contributed by atoms with Crippen LogP contribution in [0.4, 0.5) is 17.3 Å². The summed E-state index contributed by atoms with van der Waals surface area (Å²) < 4.78 is 0. The minimum Gasteiger partial charge on any atom is -0.344 e. The van der Waals surface area contributed by atoms with Gasteiger partial charge in [0.05, 0.1) is 29.2 Å². The molecule has 170 valence electrons. The standard InChI is InChI=1S/C29H24N6/c1-19-16-21(17-30)14-15-24(19)35(3)29-20(2)25-27(32-18-31-25)28(34-29)33-26(22-10-6-4-7-11-22)23-12-8-5-9-13-23/h4-16,18H,1-3H3,(H,31,32). The molecule has 1 N–H and O–H groups in total. The number of aromatic nitrogens is 3. The highest BCUT2D eigenvalue weighted by Gasteiger charge is 2.19. The molecule has 6 heteroatoms. The molecule has 0 aliphatic heterocycles. The molecule has 0 fully saturated rings. The van der Waals surface area contributed by atoms with E-state index in [9.17, 15) is 5.26 Å². The highest BCUT2D eigenvalue weighted by molar-refractivity contribution is 6.14. The van der Waals surface area contributed by atoms with Crippen LogP contribution in [0.15, 0.2) is 90.2 Å². The van der Waals surface area contributed by atoms with Crippen LogP contribution in [-0.2, 0) is 0 Å². The molecule has 6 nitrogen and oxygen atoms in total. The van der Waals surface area contributed by atoms with Crippen molar-refractivity contribution in [1.82, 2.24) is 15.0 Å². The van der Waals surface area contributed by atoms with E-state index in [1.54, 1.807) is 6.33 Å². The predicted molar refractivity (Wildman–Crippen MR) is 141 cm³/mol. The number of rotatable bonds is 5. The van der Waals surface area contributed by atoms with Crippen LogP contribution >= 0.6 is 0 Å². The van der Waals surface area contributed by atoms with E-state index in [4.69, 9.17) is 9.98 Å². The van der Waals surface area contributed by atoms with Crippen molar-refractivity contribution in [3.8, 4) is 6.07 Å². The lowest BCUT2D eigenvalue weighted by molar-refractivity contribution is 1.09. The Bertz CT molecular complexity index is 1540. The maximum atomic E-state index is 9.25. The summed E-state index contributed by atoms with van der Waals surface area (Å²) in [5.41, 5.74) is 8.03. The number of aromatic amines is 1. The van der Waals surface area contributed by atoms with Crippen LogP contribution < -0.4 is 4.90 Å². The highest BCUT2D eigenvalue weighted by atomic mass is 15.2. The third kappa shape index (κ3) is 4.16. The smallest absolute Gasteiger partial charge is 0.183 e. The van der Waals surface area contributed by atoms with E-state index in [1.165, 1.54) is 0 Å². The zero-order valence-electron chi connectivity index (χ0n) is 19.8. The van der Waals surface area contributed by atoms with Gasteiger partial charge in [0.1, 0.15) is 11.3 Å². The first-order valence-corrected chi connectivity index (χ1v) is 11.3. The van der Waals surface area contributed by atoms with E-state index in [0.29, 0.717) is 11.4 Å². The monoisotopic (exact) mass is 456 g/mol. The maximum absolute atomic E-state index is 9.25. The third-order valence-electron chi connectivity index (χ3n) is 6.09. The number of nitrogens with zero attached hydrogens (tertiary/aromatic N) is 5. The van der Waals surface area contributed by atoms with Gasteiger partial charge in [-0.05, 0) is 37.6 Å². The second kappa shape index (κ2) is 9.24. The summed E-state index contributed by atoms with van der Waals surface area (Å²) in [4.78, 5) is 20.0. The van der Waals surface area contributed by atoms with Gasteiger partial charge in [0.2, 0.25) is 0 Å². The van der Waals surface area contributed by atoms with Gasteiger partial charge in [0, 0.05) is 29.4 Å². The van der Waals surface area contributed by atoms with E-state index < -0.39 is 0 Å². The van der Waals surface area contributed by atoms with Crippen molar-refractivity contribution in [2.75, 3.05) is 11.9 Å². The fourth-order valence-corrected chi connectivity index (χ4v) is 4.31. The second-order valence-corrected chi connectivity index (χ2v) is 8.37. The molecule has 2 heterocycles. The largest absolute Gasteiger partial charge is 0.344 e. The molecule has 0 radical (unpaired) electrons. The summed E-state index contributed by atoms with van der Waals surface area (Å²) in [6.45, 7) is 4.03. The number of fused-ring (bicyclic) bond motifs is 1. The normalized spacial score (nSPS) is 10.7. The number of nitriles is 1. The van der Waals surface area contributed by atoms with E-state index in [2.05, 4.69) is 40.3 Å². The predicted octanol–water partition coefficient (Wildman–Crippen LogP) is 6.38. The molecule has 2 aromatic heterocycles. The van der Waals surface area contributed by atoms with Crippen LogP contribution in [0.3, 0.4) is 0 Å². The fraction of sp³-hybridized carbons (Fsp3) is 0.103. The van der Waals surface area contributed by atoms with Crippen LogP contribution in [-0.4, -0.2) is 27.7 Å². The molecule has 0 saturated heterocycles. The van der Waals surface area contributed by atoms with Gasteiger partial charge < -0.3 is 9.88 Å². The molecule has 0 saturated carbocycles. The van der Waals surface area contributed by atoms with Crippen molar-refractivity contribution in [2.45, 2.75) is 13.8 Å². The van der Waals surface area contributed by atoms with Crippen molar-refractivity contribution in [1.29, 1.82) is 5.26 Å². The van der Waals surface area contributed by atoms with Crippen LogP contribution in [0.1, 0.15) is 27.8 Å². The van der Waals surface area contributed by atoms with Gasteiger partial charge in [-0.2, -0.15) is 5.26 Å². The van der Waals surface area contributed by atoms with Crippen molar-refractivity contribution >= 4 is 34.1 Å². The van der Waals surface area contributed by atoms with Gasteiger partial charge >= 0.3 is 0 Å². The number of hydrogen-bond donors (Lipinski definition) is 1. The molecular weight excluding hydrogens is 432 g/mol. The molecule has 0 aliphatic rings. The van der Waals surface area contributed by atoms with Crippen LogP contribution in [0.2, 0.25) is 0 Å². The van der Waals surface area contributed by atoms with Crippen molar-refractivity contribution in [2.24, 2.45) is 4.99 Å². The molecule has 0 unspecified atom stereocenters. The number of hydrogen-bond acceptors (Lipinski definition) is 5. The van der Waals surface area contributed by atoms with Gasteiger partial charge in [0.15, 0.2) is 5.82 Å². The molecule has 0 spiro atoms. The molecule has 0 aliphatic carbocycles. The number of H-pyrrole nitrogens is 1. The van der Waals surface area contributed by atoms with E-state index in [-0.39, 0.29) is 0 Å². The second-order valence-electron chi connectivity index (χ2n) is 8.37. The Balaban J connectivity index is 1.71. The number of nitrogens with one attached hydrogen (secondary N) is 1. The molecule has 0 amide bonds. The number of pyridine rings is 1. The van der Waals surface area contributed by atoms with E-state index in [0.717, 1.165) is 50.5 Å². The van der Waals surface area contributed by atoms with E-state index in [1.807, 2.05) is 80.4 Å². The van der Waals surface area contributed by atoms with Crippen LogP contribution in [0.5, 0.6) is 0 Å². The highest BCUT2D eigenvalue weighted by Crippen LogP contribution is 2.35. The summed E-state index contributed by atoms with van der Waals surface area (Å²) in [6.07, 6.45) is 1.68. The first kappa shape index (κ1) is 22.1. The quantitative estimate of drug-likeness (QED) is 0.311. The Morgan fingerprint density at radius 1 is 0.943 bits per heavy atom. The molecule has 35 heavy (non-hydrogen) atoms. The lowest BCUT2D eigenvalue weighted by Crippen LogP contribution is -2.14. The maximum Gasteiger partial charge on any atom is 0.183 e. The average molecular weight is 457 g/mol. The average Bonchev–Trinajstić information content (AvgIpc) is 3.40. The number of anilines is 2. The minimum atomic E-state index is 0.544. The van der Waals surface area contributed by atoms with Crippen molar-refractivity contribution in [3.05, 3.63) is 113 Å². The van der Waals surface area contributed by atoms with Crippen LogP contribution in [0, 0.1) is 25.2 Å². The molecule has 0 atom stereocenters. The van der Waals surface area contributed by atoms with Crippen LogP contribution in [0.25, 0.3) is 11.0 Å². The van der Waals surface area contributed by atoms with Crippen molar-refractivity contribution < 1.29 is 0 Å². The van der Waals surface area contributed by atoms with E-state index >= 15 is 0 Å². The Labute approximate surface area is 204 Å². The van der Waals surface area contributed by atoms with Gasteiger partial charge in [-0.25, -0.2) is 15.0 Å². The summed E-state index contributed by atoms with van der Waals surface area (Å²) in [6, 6.07) is 28.1. The van der Waals surface area contributed by atoms with Gasteiger partial charge in [-0.1, -0.05) is 60.7 Å². The van der Waals surface area contributed by atoms with Gasteiger partial charge in [-0.3, -0.25) is 0 Å². The SMILES string of the molecule is Cc1cc(C#N)ccc1N(C)c1nc(N=C(c2ccccc2)c2ccccc2)c2nc[nH]c2c1C. The molecule has 3 aromatic carbocycles. The van der Waals surface area contributed by atoms with Gasteiger partial charge in [0.25, 0.3) is 0 Å². The fourth-order valence-electron chi connectivity index (χ4n) is 4.31. The number of imidazole rings is 1. The lowest BCUT2D eigenvalue weighted by atomic mass is 10.0. The Morgan fingerprint density at radius 3 is 2.20 bits per heavy atom. The molecule has 0 bridgehead atoms. The summed E-state index contributed by atoms with van der Waals surface area (Å²) >= 11 is 0. The Hall–Kier alpha value is -4.76. The first-order valence-electron chi connectivity index (χ1n) is 11.3. The first-order chi connectivity index (χ1) is 17.1. The summed E-state index contributed by atoms with van der Waals surface area (Å²) in [5, 5.41) is 9.25. The zero-order chi connectivity index (χ0) is 24.4. The Morgan fingerprint density at radius 2 is 1.60 bits per heavy atom. The summed E-state index contributed by atoms with van der Waals surface area (Å²) in [5.74, 6) is 1.32. The van der Waals surface area contributed by atoms with Crippen molar-refractivity contribution in [3.63, 3.8) is 0 Å². The minimum absolute atomic E-state index is 0.544. The molecular formula is C29H24N6. The number of benzene rings is 3. The Kier molecular flexibility index (Phi) is 5.82. The number of aliphatic imine (C=N–C) groups is 1. The topological polar surface area (TPSA) is 81.0 Å². The summed E-state index contributed by atoms with van der Waals surface area (Å²) in [7, 11) is 1.98. The number of aryl methyl sites for hydroxylation is 2.